The van der Waals surface area contributed by atoms with E-state index in [0.29, 0.717) is 23.2 Å². The summed E-state index contributed by atoms with van der Waals surface area (Å²) in [6.45, 7) is 9.70. The van der Waals surface area contributed by atoms with Crippen LogP contribution in [0.15, 0.2) is 38.6 Å². The molecule has 3 rings (SSSR count). The Hall–Kier alpha value is -2.54. The minimum atomic E-state index is -0.0706. The Bertz CT molecular complexity index is 1010. The van der Waals surface area contributed by atoms with Gasteiger partial charge in [-0.3, -0.25) is 4.79 Å². The molecule has 3 aromatic rings. The number of hydrogen-bond donors (Lipinski definition) is 1. The molecule has 0 unspecified atom stereocenters. The van der Waals surface area contributed by atoms with Crippen molar-refractivity contribution in [3.63, 3.8) is 0 Å². The first-order chi connectivity index (χ1) is 13.4. The van der Waals surface area contributed by atoms with Crippen molar-refractivity contribution in [3.8, 4) is 17.2 Å². The fourth-order valence-electron chi connectivity index (χ4n) is 2.84. The van der Waals surface area contributed by atoms with Gasteiger partial charge in [-0.1, -0.05) is 18.7 Å². The zero-order valence-corrected chi connectivity index (χ0v) is 17.6. The molecule has 6 nitrogen and oxygen atoms in total. The van der Waals surface area contributed by atoms with E-state index in [2.05, 4.69) is 15.0 Å². The molecule has 0 aliphatic heterocycles. The van der Waals surface area contributed by atoms with E-state index in [1.165, 1.54) is 11.8 Å². The molecule has 7 heteroatoms. The molecular weight excluding hydrogens is 374 g/mol. The number of aromatic nitrogens is 3. The van der Waals surface area contributed by atoms with Gasteiger partial charge in [0.05, 0.1) is 11.8 Å². The smallest absolute Gasteiger partial charge is 0.254 e. The SMILES string of the molecule is CCc1c(C)nc(SCc2nc(-c3ccc(OC(C)C)cc3)oc2C)[nH]c1=O. The molecule has 0 saturated heterocycles. The average Bonchev–Trinajstić information content (AvgIpc) is 3.01. The van der Waals surface area contributed by atoms with Crippen molar-refractivity contribution >= 4 is 11.8 Å². The lowest BCUT2D eigenvalue weighted by Crippen LogP contribution is -2.16. The first kappa shape index (κ1) is 20.2. The van der Waals surface area contributed by atoms with Gasteiger partial charge < -0.3 is 14.1 Å². The van der Waals surface area contributed by atoms with Gasteiger partial charge in [0.25, 0.3) is 5.56 Å². The third-order valence-corrected chi connectivity index (χ3v) is 5.15. The summed E-state index contributed by atoms with van der Waals surface area (Å²) in [5.74, 6) is 2.72. The molecule has 0 bridgehead atoms. The number of aryl methyl sites for hydroxylation is 2. The van der Waals surface area contributed by atoms with Crippen LogP contribution in [-0.2, 0) is 12.2 Å². The molecule has 28 heavy (non-hydrogen) atoms. The van der Waals surface area contributed by atoms with Gasteiger partial charge in [0.1, 0.15) is 11.5 Å². The number of ether oxygens (including phenoxy) is 1. The number of nitrogens with zero attached hydrogens (tertiary/aromatic N) is 2. The van der Waals surface area contributed by atoms with E-state index >= 15 is 0 Å². The van der Waals surface area contributed by atoms with Crippen LogP contribution in [0.5, 0.6) is 5.75 Å². The minimum Gasteiger partial charge on any atom is -0.491 e. The van der Waals surface area contributed by atoms with Crippen LogP contribution in [0.25, 0.3) is 11.5 Å². The van der Waals surface area contributed by atoms with Crippen molar-refractivity contribution in [2.45, 2.75) is 58.1 Å². The summed E-state index contributed by atoms with van der Waals surface area (Å²) in [5, 5.41) is 0.596. The predicted molar refractivity (Wildman–Crippen MR) is 111 cm³/mol. The van der Waals surface area contributed by atoms with Crippen molar-refractivity contribution in [3.05, 3.63) is 57.3 Å². The van der Waals surface area contributed by atoms with Crippen LogP contribution in [-0.4, -0.2) is 21.1 Å². The zero-order valence-electron chi connectivity index (χ0n) is 16.8. The number of hydrogen-bond acceptors (Lipinski definition) is 6. The topological polar surface area (TPSA) is 81.0 Å². The molecule has 2 heterocycles. The van der Waals surface area contributed by atoms with E-state index in [1.54, 1.807) is 0 Å². The highest BCUT2D eigenvalue weighted by Gasteiger charge is 2.14. The Morgan fingerprint density at radius 3 is 2.50 bits per heavy atom. The van der Waals surface area contributed by atoms with Crippen LogP contribution in [0.4, 0.5) is 0 Å². The van der Waals surface area contributed by atoms with Crippen molar-refractivity contribution in [1.82, 2.24) is 15.0 Å². The predicted octanol–water partition coefficient (Wildman–Crippen LogP) is 4.68. The molecular formula is C21H25N3O3S. The van der Waals surface area contributed by atoms with Gasteiger partial charge in [0, 0.05) is 22.6 Å². The van der Waals surface area contributed by atoms with Gasteiger partial charge in [-0.15, -0.1) is 0 Å². The van der Waals surface area contributed by atoms with Gasteiger partial charge in [0.2, 0.25) is 5.89 Å². The lowest BCUT2D eigenvalue weighted by Gasteiger charge is -2.09. The fourth-order valence-corrected chi connectivity index (χ4v) is 3.75. The maximum atomic E-state index is 12.1. The summed E-state index contributed by atoms with van der Waals surface area (Å²) in [6.07, 6.45) is 0.805. The maximum absolute atomic E-state index is 12.1. The molecule has 148 valence electrons. The summed E-state index contributed by atoms with van der Waals surface area (Å²) >= 11 is 1.44. The lowest BCUT2D eigenvalue weighted by atomic mass is 10.2. The molecule has 2 aromatic heterocycles. The van der Waals surface area contributed by atoms with E-state index < -0.39 is 0 Å². The highest BCUT2D eigenvalue weighted by molar-refractivity contribution is 7.98. The minimum absolute atomic E-state index is 0.0706. The van der Waals surface area contributed by atoms with Crippen molar-refractivity contribution < 1.29 is 9.15 Å². The van der Waals surface area contributed by atoms with Crippen LogP contribution < -0.4 is 10.3 Å². The van der Waals surface area contributed by atoms with E-state index in [0.717, 1.165) is 34.0 Å². The van der Waals surface area contributed by atoms with Crippen molar-refractivity contribution in [1.29, 1.82) is 0 Å². The number of rotatable bonds is 7. The Kier molecular flexibility index (Phi) is 6.24. The summed E-state index contributed by atoms with van der Waals surface area (Å²) in [4.78, 5) is 24.0. The first-order valence-corrected chi connectivity index (χ1v) is 10.3. The maximum Gasteiger partial charge on any atom is 0.254 e. The molecule has 0 aliphatic rings. The van der Waals surface area contributed by atoms with E-state index in [-0.39, 0.29) is 11.7 Å². The molecule has 1 aromatic carbocycles. The van der Waals surface area contributed by atoms with Crippen LogP contribution in [0.1, 0.15) is 43.5 Å². The van der Waals surface area contributed by atoms with Gasteiger partial charge in [-0.25, -0.2) is 9.97 Å². The molecule has 0 fully saturated rings. The molecule has 0 spiro atoms. The molecule has 0 aliphatic carbocycles. The monoisotopic (exact) mass is 399 g/mol. The fraction of sp³-hybridized carbons (Fsp3) is 0.381. The van der Waals surface area contributed by atoms with E-state index in [1.807, 2.05) is 58.9 Å². The largest absolute Gasteiger partial charge is 0.491 e. The number of aromatic amines is 1. The average molecular weight is 400 g/mol. The molecule has 1 N–H and O–H groups in total. The Morgan fingerprint density at radius 2 is 1.89 bits per heavy atom. The summed E-state index contributed by atoms with van der Waals surface area (Å²) in [7, 11) is 0. The highest BCUT2D eigenvalue weighted by Crippen LogP contribution is 2.27. The standard InChI is InChI=1S/C21H25N3O3S/c1-6-17-13(4)22-21(24-19(17)25)28-11-18-14(5)27-20(23-18)15-7-9-16(10-8-15)26-12(2)3/h7-10,12H,6,11H2,1-5H3,(H,22,24,25). The second-order valence-corrected chi connectivity index (χ2v) is 7.75. The number of nitrogens with one attached hydrogen (secondary N) is 1. The van der Waals surface area contributed by atoms with Gasteiger partial charge >= 0.3 is 0 Å². The first-order valence-electron chi connectivity index (χ1n) is 9.33. The third-order valence-electron chi connectivity index (χ3n) is 4.27. The van der Waals surface area contributed by atoms with Gasteiger partial charge in [-0.2, -0.15) is 0 Å². The van der Waals surface area contributed by atoms with Crippen LogP contribution in [0.3, 0.4) is 0 Å². The number of oxazole rings is 1. The summed E-state index contributed by atoms with van der Waals surface area (Å²) in [5.41, 5.74) is 3.16. The Balaban J connectivity index is 1.73. The van der Waals surface area contributed by atoms with Crippen molar-refractivity contribution in [2.75, 3.05) is 0 Å². The van der Waals surface area contributed by atoms with Crippen LogP contribution >= 0.6 is 11.8 Å². The summed E-state index contributed by atoms with van der Waals surface area (Å²) < 4.78 is 11.5. The number of thioether (sulfide) groups is 1. The Morgan fingerprint density at radius 1 is 1.18 bits per heavy atom. The molecule has 0 amide bonds. The van der Waals surface area contributed by atoms with Crippen LogP contribution in [0, 0.1) is 13.8 Å². The summed E-state index contributed by atoms with van der Waals surface area (Å²) in [6, 6.07) is 7.70. The van der Waals surface area contributed by atoms with E-state index in [4.69, 9.17) is 9.15 Å². The molecule has 0 atom stereocenters. The van der Waals surface area contributed by atoms with E-state index in [9.17, 15) is 4.79 Å². The van der Waals surface area contributed by atoms with Crippen molar-refractivity contribution in [2.24, 2.45) is 0 Å². The van der Waals surface area contributed by atoms with Crippen LogP contribution in [0.2, 0.25) is 0 Å². The second-order valence-electron chi connectivity index (χ2n) is 6.79. The van der Waals surface area contributed by atoms with Gasteiger partial charge in [-0.05, 0) is 58.4 Å². The highest BCUT2D eigenvalue weighted by atomic mass is 32.2. The number of benzene rings is 1. The zero-order chi connectivity index (χ0) is 20.3. The normalized spacial score (nSPS) is 11.2. The molecule has 0 saturated carbocycles. The number of H-pyrrole nitrogens is 1. The lowest BCUT2D eigenvalue weighted by molar-refractivity contribution is 0.242. The second kappa shape index (κ2) is 8.65. The van der Waals surface area contributed by atoms with Gasteiger partial charge in [0.15, 0.2) is 5.16 Å². The molecule has 0 radical (unpaired) electrons. The quantitative estimate of drug-likeness (QED) is 0.459. The third kappa shape index (κ3) is 4.65. The Labute approximate surface area is 168 Å².